The molecule has 0 fully saturated rings. The number of amides is 1. The molecule has 8 nitrogen and oxygen atoms in total. The van der Waals surface area contributed by atoms with Crippen LogP contribution in [0.15, 0.2) is 41.3 Å². The Morgan fingerprint density at radius 2 is 1.53 bits per heavy atom. The first-order valence-electron chi connectivity index (χ1n) is 11.9. The van der Waals surface area contributed by atoms with Gasteiger partial charge in [-0.2, -0.15) is 4.31 Å². The first kappa shape index (κ1) is 29.5. The lowest BCUT2D eigenvalue weighted by atomic mass is 10.1. The third-order valence-electron chi connectivity index (χ3n) is 6.04. The fourth-order valence-corrected chi connectivity index (χ4v) is 5.60. The minimum Gasteiger partial charge on any atom is -0.497 e. The van der Waals surface area contributed by atoms with Gasteiger partial charge in [-0.15, -0.1) is 0 Å². The Hall–Kier alpha value is -2.75. The van der Waals surface area contributed by atoms with Crippen molar-refractivity contribution >= 4 is 21.7 Å². The summed E-state index contributed by atoms with van der Waals surface area (Å²) >= 11 is 0. The highest BCUT2D eigenvalue weighted by Crippen LogP contribution is 2.27. The van der Waals surface area contributed by atoms with E-state index in [4.69, 9.17) is 4.74 Å². The zero-order valence-corrected chi connectivity index (χ0v) is 23.3. The van der Waals surface area contributed by atoms with Crippen LogP contribution in [0.3, 0.4) is 0 Å². The highest BCUT2D eigenvalue weighted by molar-refractivity contribution is 7.89. The molecule has 0 unspecified atom stereocenters. The van der Waals surface area contributed by atoms with Gasteiger partial charge in [0.25, 0.3) is 0 Å². The van der Waals surface area contributed by atoms with E-state index in [0.717, 1.165) is 22.8 Å². The van der Waals surface area contributed by atoms with E-state index in [1.54, 1.807) is 37.9 Å². The molecule has 0 aliphatic carbocycles. The van der Waals surface area contributed by atoms with E-state index in [2.05, 4.69) is 17.0 Å². The molecule has 0 aromatic heterocycles. The second kappa shape index (κ2) is 13.0. The maximum absolute atomic E-state index is 13.1. The average Bonchev–Trinajstić information content (AvgIpc) is 2.80. The van der Waals surface area contributed by atoms with E-state index in [9.17, 15) is 18.0 Å². The van der Waals surface area contributed by atoms with Crippen LogP contribution in [0.4, 0.5) is 0 Å². The third-order valence-corrected chi connectivity index (χ3v) is 8.15. The van der Waals surface area contributed by atoms with E-state index in [-0.39, 0.29) is 36.0 Å². The summed E-state index contributed by atoms with van der Waals surface area (Å²) in [5.74, 6) is 0.109. The quantitative estimate of drug-likeness (QED) is 0.406. The Kier molecular flexibility index (Phi) is 10.6. The molecule has 2 aromatic rings. The Morgan fingerprint density at radius 3 is 2.11 bits per heavy atom. The molecule has 0 spiro atoms. The maximum atomic E-state index is 13.1. The van der Waals surface area contributed by atoms with Crippen LogP contribution in [0.1, 0.15) is 35.1 Å². The summed E-state index contributed by atoms with van der Waals surface area (Å²) in [4.78, 5) is 29.1. The summed E-state index contributed by atoms with van der Waals surface area (Å²) in [7, 11) is 4.81. The van der Waals surface area contributed by atoms with Crippen LogP contribution in [0.2, 0.25) is 0 Å². The van der Waals surface area contributed by atoms with E-state index in [1.807, 2.05) is 26.2 Å². The molecule has 0 radical (unpaired) electrons. The Morgan fingerprint density at radius 1 is 0.917 bits per heavy atom. The number of hydrogen-bond acceptors (Lipinski definition) is 6. The molecule has 0 bridgehead atoms. The van der Waals surface area contributed by atoms with Gasteiger partial charge in [-0.05, 0) is 68.8 Å². The third kappa shape index (κ3) is 8.15. The van der Waals surface area contributed by atoms with Gasteiger partial charge in [0.15, 0.2) is 0 Å². The molecule has 1 amide bonds. The summed E-state index contributed by atoms with van der Waals surface area (Å²) in [6, 6.07) is 11.5. The van der Waals surface area contributed by atoms with Crippen molar-refractivity contribution in [2.75, 3.05) is 48.4 Å². The van der Waals surface area contributed by atoms with Gasteiger partial charge < -0.3 is 14.5 Å². The normalized spacial score (nSPS) is 11.7. The van der Waals surface area contributed by atoms with Gasteiger partial charge in [-0.3, -0.25) is 9.59 Å². The zero-order chi connectivity index (χ0) is 27.0. The van der Waals surface area contributed by atoms with Crippen molar-refractivity contribution in [2.45, 2.75) is 44.6 Å². The predicted molar refractivity (Wildman–Crippen MR) is 142 cm³/mol. The van der Waals surface area contributed by atoms with Gasteiger partial charge in [0.05, 0.1) is 18.6 Å². The fraction of sp³-hybridized carbons (Fsp3) is 0.481. The number of ketones is 1. The molecular formula is C27H39N3O5S. The lowest BCUT2D eigenvalue weighted by Crippen LogP contribution is -2.34. The lowest BCUT2D eigenvalue weighted by molar-refractivity contribution is -0.132. The molecule has 0 N–H and O–H groups in total. The number of Topliss-reactive ketones (excluding diaryl/α,β-unsaturated/α-hetero) is 1. The second-order valence-corrected chi connectivity index (χ2v) is 11.5. The second-order valence-electron chi connectivity index (χ2n) is 9.51. The smallest absolute Gasteiger partial charge is 0.243 e. The van der Waals surface area contributed by atoms with Crippen molar-refractivity contribution in [3.8, 4) is 5.75 Å². The monoisotopic (exact) mass is 517 g/mol. The Balaban J connectivity index is 1.93. The van der Waals surface area contributed by atoms with E-state index < -0.39 is 10.0 Å². The van der Waals surface area contributed by atoms with Gasteiger partial charge in [-0.25, -0.2) is 8.42 Å². The van der Waals surface area contributed by atoms with Crippen molar-refractivity contribution in [1.29, 1.82) is 0 Å². The first-order valence-corrected chi connectivity index (χ1v) is 13.4. The minimum absolute atomic E-state index is 0.0213. The molecule has 0 heterocycles. The van der Waals surface area contributed by atoms with E-state index in [1.165, 1.54) is 19.7 Å². The number of aryl methyl sites for hydroxylation is 2. The van der Waals surface area contributed by atoms with Gasteiger partial charge in [0.1, 0.15) is 11.5 Å². The number of ether oxygens (including phenoxy) is 1. The number of rotatable bonds is 13. The zero-order valence-electron chi connectivity index (χ0n) is 22.5. The molecule has 0 aliphatic heterocycles. The predicted octanol–water partition coefficient (Wildman–Crippen LogP) is 3.04. The van der Waals surface area contributed by atoms with Crippen LogP contribution in [-0.4, -0.2) is 82.6 Å². The van der Waals surface area contributed by atoms with Crippen LogP contribution >= 0.6 is 0 Å². The number of carbonyl (C=O) groups is 2. The molecular weight excluding hydrogens is 478 g/mol. The highest BCUT2D eigenvalue weighted by Gasteiger charge is 2.27. The van der Waals surface area contributed by atoms with Crippen LogP contribution in [0.5, 0.6) is 5.75 Å². The largest absolute Gasteiger partial charge is 0.497 e. The van der Waals surface area contributed by atoms with Gasteiger partial charge >= 0.3 is 0 Å². The molecule has 0 aliphatic rings. The average molecular weight is 518 g/mol. The first-order chi connectivity index (χ1) is 16.8. The molecule has 36 heavy (non-hydrogen) atoms. The highest BCUT2D eigenvalue weighted by atomic mass is 32.2. The number of nitrogens with zero attached hydrogens (tertiary/aromatic N) is 3. The minimum atomic E-state index is -3.87. The van der Waals surface area contributed by atoms with Crippen LogP contribution in [0, 0.1) is 13.8 Å². The lowest BCUT2D eigenvalue weighted by Gasteiger charge is -2.21. The number of hydrogen-bond donors (Lipinski definition) is 0. The molecule has 0 saturated heterocycles. The van der Waals surface area contributed by atoms with Crippen molar-refractivity contribution in [1.82, 2.24) is 14.1 Å². The molecule has 0 saturated carbocycles. The summed E-state index contributed by atoms with van der Waals surface area (Å²) in [6.07, 6.45) is 0.940. The maximum Gasteiger partial charge on any atom is 0.243 e. The summed E-state index contributed by atoms with van der Waals surface area (Å²) in [6.45, 7) is 4.50. The number of sulfonamides is 1. The van der Waals surface area contributed by atoms with Gasteiger partial charge in [0.2, 0.25) is 15.9 Å². The SMILES string of the molecule is COc1cc(C)c(S(=O)(=O)N(C)CC(=O)CCC(=O)N(C)Cc2cccc(CCN(C)C)c2)c(C)c1. The standard InChI is InChI=1S/C27H39N3O5S/c1-20-15-25(35-7)16-21(2)27(20)36(33,34)30(6)19-24(31)11-12-26(32)29(5)18-23-10-8-9-22(17-23)13-14-28(3)4/h8-10,15-17H,11-14,18-19H2,1-7H3. The molecule has 9 heteroatoms. The van der Waals surface area contributed by atoms with Crippen LogP contribution < -0.4 is 4.74 Å². The molecule has 198 valence electrons. The number of carbonyl (C=O) groups excluding carboxylic acids is 2. The van der Waals surface area contributed by atoms with Crippen molar-refractivity contribution < 1.29 is 22.7 Å². The van der Waals surface area contributed by atoms with Gasteiger partial charge in [-0.1, -0.05) is 24.3 Å². The van der Waals surface area contributed by atoms with Crippen molar-refractivity contribution in [3.63, 3.8) is 0 Å². The Labute approximate surface area is 215 Å². The van der Waals surface area contributed by atoms with Crippen LogP contribution in [-0.2, 0) is 32.6 Å². The number of methoxy groups -OCH3 is 1. The van der Waals surface area contributed by atoms with Crippen molar-refractivity contribution in [2.24, 2.45) is 0 Å². The summed E-state index contributed by atoms with van der Waals surface area (Å²) < 4.78 is 32.5. The van der Waals surface area contributed by atoms with E-state index in [0.29, 0.717) is 23.4 Å². The molecule has 0 atom stereocenters. The Bertz CT molecular complexity index is 1150. The van der Waals surface area contributed by atoms with E-state index >= 15 is 0 Å². The van der Waals surface area contributed by atoms with Crippen LogP contribution in [0.25, 0.3) is 0 Å². The molecule has 2 aromatic carbocycles. The number of benzene rings is 2. The fourth-order valence-electron chi connectivity index (χ4n) is 4.04. The summed E-state index contributed by atoms with van der Waals surface area (Å²) in [5.41, 5.74) is 3.34. The molecule has 2 rings (SSSR count). The summed E-state index contributed by atoms with van der Waals surface area (Å²) in [5, 5.41) is 0. The number of likely N-dealkylation sites (N-methyl/N-ethyl adjacent to an activating group) is 2. The van der Waals surface area contributed by atoms with Gasteiger partial charge in [0, 0.05) is 40.0 Å². The topological polar surface area (TPSA) is 87.2 Å². The van der Waals surface area contributed by atoms with Crippen molar-refractivity contribution in [3.05, 3.63) is 58.7 Å².